The molecule has 1 aromatic carbocycles. The fraction of sp³-hybridized carbons (Fsp3) is 0.136. The van der Waals surface area contributed by atoms with Crippen molar-refractivity contribution in [1.29, 1.82) is 0 Å². The third kappa shape index (κ3) is 3.66. The summed E-state index contributed by atoms with van der Waals surface area (Å²) < 4.78 is 7.14. The maximum absolute atomic E-state index is 13.2. The number of thiophene rings is 1. The van der Waals surface area contributed by atoms with E-state index in [2.05, 4.69) is 4.99 Å². The number of aromatic nitrogens is 1. The lowest BCUT2D eigenvalue weighted by Crippen LogP contribution is -2.39. The molecule has 146 valence electrons. The van der Waals surface area contributed by atoms with E-state index >= 15 is 0 Å². The molecule has 1 aliphatic rings. The maximum atomic E-state index is 13.2. The Labute approximate surface area is 175 Å². The molecule has 0 fully saturated rings. The van der Waals surface area contributed by atoms with Gasteiger partial charge in [-0.05, 0) is 30.0 Å². The normalized spacial score (nSPS) is 16.8. The van der Waals surface area contributed by atoms with E-state index in [1.165, 1.54) is 29.8 Å². The fourth-order valence-corrected chi connectivity index (χ4v) is 5.06. The Morgan fingerprint density at radius 2 is 2.00 bits per heavy atom. The highest BCUT2D eigenvalue weighted by Crippen LogP contribution is 2.32. The van der Waals surface area contributed by atoms with Crippen LogP contribution in [0.5, 0.6) is 0 Å². The van der Waals surface area contributed by atoms with Gasteiger partial charge in [0.1, 0.15) is 6.04 Å². The Balaban J connectivity index is 1.85. The summed E-state index contributed by atoms with van der Waals surface area (Å²) >= 11 is 2.82. The van der Waals surface area contributed by atoms with Gasteiger partial charge in [0.2, 0.25) is 0 Å². The van der Waals surface area contributed by atoms with Crippen molar-refractivity contribution in [3.63, 3.8) is 0 Å². The predicted octanol–water partition coefficient (Wildman–Crippen LogP) is 3.13. The molecule has 0 saturated carbocycles. The van der Waals surface area contributed by atoms with Crippen molar-refractivity contribution < 1.29 is 9.53 Å². The van der Waals surface area contributed by atoms with Crippen LogP contribution in [0.1, 0.15) is 23.4 Å². The minimum absolute atomic E-state index is 0.168. The molecule has 1 aliphatic heterocycles. The first kappa shape index (κ1) is 19.3. The topological polar surface area (TPSA) is 60.7 Å². The van der Waals surface area contributed by atoms with Crippen molar-refractivity contribution in [2.45, 2.75) is 13.0 Å². The van der Waals surface area contributed by atoms with Crippen LogP contribution in [0.2, 0.25) is 0 Å². The molecule has 4 rings (SSSR count). The molecule has 0 saturated heterocycles. The first-order valence-corrected chi connectivity index (χ1v) is 10.7. The van der Waals surface area contributed by atoms with Crippen LogP contribution >= 0.6 is 22.7 Å². The second kappa shape index (κ2) is 8.14. The Hall–Kier alpha value is -3.03. The van der Waals surface area contributed by atoms with Gasteiger partial charge in [0.15, 0.2) is 4.80 Å². The van der Waals surface area contributed by atoms with E-state index in [-0.39, 0.29) is 5.56 Å². The molecule has 0 spiro atoms. The molecule has 29 heavy (non-hydrogen) atoms. The van der Waals surface area contributed by atoms with E-state index in [1.807, 2.05) is 60.0 Å². The van der Waals surface area contributed by atoms with Crippen LogP contribution in [0.25, 0.3) is 12.2 Å². The number of carbonyl (C=O) groups is 1. The smallest absolute Gasteiger partial charge is 0.338 e. The number of nitrogens with zero attached hydrogens (tertiary/aromatic N) is 2. The summed E-state index contributed by atoms with van der Waals surface area (Å²) in [7, 11) is 1.34. The van der Waals surface area contributed by atoms with Crippen LogP contribution in [-0.4, -0.2) is 17.6 Å². The number of allylic oxidation sites excluding steroid dienone is 2. The standard InChI is InChI=1S/C22H18N2O3S2/c1-14-18(21(26)27-2)19(16-12-7-13-28-16)24-20(25)17(29-22(24)23-14)11-6-10-15-8-4-3-5-9-15/h3-13,19H,1-2H3/b10-6+,17-11+. The summed E-state index contributed by atoms with van der Waals surface area (Å²) in [5, 5.41) is 1.93. The molecule has 0 aliphatic carbocycles. The number of carbonyl (C=O) groups excluding carboxylic acids is 1. The summed E-state index contributed by atoms with van der Waals surface area (Å²) in [5.74, 6) is -0.470. The third-order valence-electron chi connectivity index (χ3n) is 4.58. The van der Waals surface area contributed by atoms with E-state index in [4.69, 9.17) is 4.74 Å². The molecular formula is C22H18N2O3S2. The number of benzene rings is 1. The van der Waals surface area contributed by atoms with E-state index in [0.29, 0.717) is 20.6 Å². The highest BCUT2D eigenvalue weighted by Gasteiger charge is 2.33. The zero-order valence-corrected chi connectivity index (χ0v) is 17.5. The summed E-state index contributed by atoms with van der Waals surface area (Å²) in [4.78, 5) is 31.7. The Kier molecular flexibility index (Phi) is 5.42. The number of thiazole rings is 1. The number of esters is 1. The molecule has 0 amide bonds. The molecule has 1 atom stereocenters. The average Bonchev–Trinajstić information content (AvgIpc) is 3.36. The highest BCUT2D eigenvalue weighted by atomic mass is 32.1. The van der Waals surface area contributed by atoms with Gasteiger partial charge in [-0.1, -0.05) is 59.9 Å². The lowest BCUT2D eigenvalue weighted by atomic mass is 10.0. The van der Waals surface area contributed by atoms with Gasteiger partial charge in [-0.3, -0.25) is 9.36 Å². The molecule has 0 radical (unpaired) electrons. The second-order valence-corrected chi connectivity index (χ2v) is 8.37. The van der Waals surface area contributed by atoms with Crippen LogP contribution in [0.15, 0.2) is 75.0 Å². The first-order valence-electron chi connectivity index (χ1n) is 8.96. The molecule has 1 unspecified atom stereocenters. The number of methoxy groups -OCH3 is 1. The Morgan fingerprint density at radius 1 is 1.21 bits per heavy atom. The van der Waals surface area contributed by atoms with Gasteiger partial charge in [0.05, 0.1) is 22.9 Å². The lowest BCUT2D eigenvalue weighted by Gasteiger charge is -2.22. The van der Waals surface area contributed by atoms with Crippen LogP contribution in [0, 0.1) is 0 Å². The van der Waals surface area contributed by atoms with Crippen molar-refractivity contribution in [1.82, 2.24) is 4.57 Å². The number of hydrogen-bond donors (Lipinski definition) is 0. The average molecular weight is 423 g/mol. The molecule has 7 heteroatoms. The third-order valence-corrected chi connectivity index (χ3v) is 6.50. The minimum Gasteiger partial charge on any atom is -0.466 e. The van der Waals surface area contributed by atoms with Gasteiger partial charge in [0.25, 0.3) is 5.56 Å². The summed E-state index contributed by atoms with van der Waals surface area (Å²) in [5.41, 5.74) is 1.85. The minimum atomic E-state index is -0.529. The van der Waals surface area contributed by atoms with E-state index in [1.54, 1.807) is 17.6 Å². The van der Waals surface area contributed by atoms with E-state index < -0.39 is 12.0 Å². The number of fused-ring (bicyclic) bond motifs is 1. The maximum Gasteiger partial charge on any atom is 0.338 e. The molecule has 3 heterocycles. The van der Waals surface area contributed by atoms with E-state index in [9.17, 15) is 9.59 Å². The van der Waals surface area contributed by atoms with Crippen LogP contribution in [0.4, 0.5) is 0 Å². The van der Waals surface area contributed by atoms with Crippen molar-refractivity contribution in [3.8, 4) is 0 Å². The second-order valence-electron chi connectivity index (χ2n) is 6.38. The van der Waals surface area contributed by atoms with Gasteiger partial charge in [0, 0.05) is 4.88 Å². The lowest BCUT2D eigenvalue weighted by molar-refractivity contribution is -0.136. The SMILES string of the molecule is COC(=O)C1=C(C)N=c2s/c(=C/C=C/c3ccccc3)c(=O)n2C1c1cccs1. The summed E-state index contributed by atoms with van der Waals surface area (Å²) in [6.07, 6.45) is 5.59. The zero-order chi connectivity index (χ0) is 20.4. The molecule has 3 aromatic rings. The Bertz CT molecular complexity index is 1280. The molecule has 5 nitrogen and oxygen atoms in total. The van der Waals surface area contributed by atoms with Crippen molar-refractivity contribution in [2.24, 2.45) is 4.99 Å². The molecule has 0 N–H and O–H groups in total. The number of hydrogen-bond acceptors (Lipinski definition) is 6. The number of rotatable bonds is 4. The van der Waals surface area contributed by atoms with E-state index in [0.717, 1.165) is 10.4 Å². The van der Waals surface area contributed by atoms with Gasteiger partial charge < -0.3 is 4.74 Å². The number of ether oxygens (including phenoxy) is 1. The quantitative estimate of drug-likeness (QED) is 0.607. The monoisotopic (exact) mass is 422 g/mol. The first-order chi connectivity index (χ1) is 14.1. The van der Waals surface area contributed by atoms with Gasteiger partial charge >= 0.3 is 5.97 Å². The van der Waals surface area contributed by atoms with Crippen LogP contribution in [-0.2, 0) is 9.53 Å². The van der Waals surface area contributed by atoms with Crippen LogP contribution in [0.3, 0.4) is 0 Å². The fourth-order valence-electron chi connectivity index (χ4n) is 3.23. The zero-order valence-electron chi connectivity index (χ0n) is 15.9. The molecule has 2 aromatic heterocycles. The predicted molar refractivity (Wildman–Crippen MR) is 116 cm³/mol. The Morgan fingerprint density at radius 3 is 2.69 bits per heavy atom. The van der Waals surface area contributed by atoms with Crippen molar-refractivity contribution >= 4 is 40.8 Å². The van der Waals surface area contributed by atoms with Crippen LogP contribution < -0.4 is 14.9 Å². The summed E-state index contributed by atoms with van der Waals surface area (Å²) in [6.45, 7) is 1.78. The van der Waals surface area contributed by atoms with Crippen molar-refractivity contribution in [3.05, 3.63) is 95.3 Å². The van der Waals surface area contributed by atoms with Gasteiger partial charge in [-0.15, -0.1) is 11.3 Å². The molecular weight excluding hydrogens is 404 g/mol. The largest absolute Gasteiger partial charge is 0.466 e. The molecule has 0 bridgehead atoms. The van der Waals surface area contributed by atoms with Crippen molar-refractivity contribution in [2.75, 3.05) is 7.11 Å². The highest BCUT2D eigenvalue weighted by molar-refractivity contribution is 7.10. The van der Waals surface area contributed by atoms with Gasteiger partial charge in [-0.2, -0.15) is 0 Å². The summed E-state index contributed by atoms with van der Waals surface area (Å²) in [6, 6.07) is 13.2. The van der Waals surface area contributed by atoms with Gasteiger partial charge in [-0.25, -0.2) is 9.79 Å².